The summed E-state index contributed by atoms with van der Waals surface area (Å²) in [7, 11) is 0. The summed E-state index contributed by atoms with van der Waals surface area (Å²) in [4.78, 5) is 34.9. The number of nitrogens with one attached hydrogen (secondary N) is 1. The van der Waals surface area contributed by atoms with Gasteiger partial charge in [0.15, 0.2) is 0 Å². The topological polar surface area (TPSA) is 102 Å². The number of thioether (sulfide) groups is 1. The first-order valence-corrected chi connectivity index (χ1v) is 7.30. The third-order valence-corrected chi connectivity index (χ3v) is 3.55. The van der Waals surface area contributed by atoms with Gasteiger partial charge in [-0.2, -0.15) is 11.8 Å². The van der Waals surface area contributed by atoms with Crippen LogP contribution in [0.15, 0.2) is 0 Å². The van der Waals surface area contributed by atoms with Crippen molar-refractivity contribution in [2.24, 2.45) is 5.73 Å². The molecule has 0 radical (unpaired) electrons. The minimum atomic E-state index is -0.607. The van der Waals surface area contributed by atoms with Crippen LogP contribution in [0.2, 0.25) is 0 Å². The summed E-state index contributed by atoms with van der Waals surface area (Å²) in [6, 6.07) is -0.946. The summed E-state index contributed by atoms with van der Waals surface area (Å²) < 4.78 is 4.79. The third-order valence-electron chi connectivity index (χ3n) is 2.56. The number of ether oxygens (including phenoxy) is 1. The second-order valence-corrected chi connectivity index (χ2v) is 5.19. The lowest BCUT2D eigenvalue weighted by Crippen LogP contribution is -2.34. The minimum Gasteiger partial charge on any atom is -0.465 e. The van der Waals surface area contributed by atoms with E-state index in [9.17, 15) is 14.4 Å². The highest BCUT2D eigenvalue weighted by atomic mass is 32.2. The molecular weight excluding hydrogens is 270 g/mol. The van der Waals surface area contributed by atoms with Crippen LogP contribution in [0.1, 0.15) is 13.3 Å². The van der Waals surface area contributed by atoms with Gasteiger partial charge >= 0.3 is 12.0 Å². The Labute approximate surface area is 116 Å². The summed E-state index contributed by atoms with van der Waals surface area (Å²) in [6.45, 7) is 2.52. The van der Waals surface area contributed by atoms with E-state index in [1.165, 1.54) is 4.90 Å². The van der Waals surface area contributed by atoms with E-state index in [1.54, 1.807) is 18.7 Å². The molecule has 3 amide bonds. The number of hydrogen-bond donors (Lipinski definition) is 2. The van der Waals surface area contributed by atoms with Crippen molar-refractivity contribution in [3.63, 3.8) is 0 Å². The van der Waals surface area contributed by atoms with E-state index < -0.39 is 12.0 Å². The normalized spacial score (nSPS) is 16.4. The number of carbonyl (C=O) groups is 3. The number of urea groups is 1. The first kappa shape index (κ1) is 15.8. The van der Waals surface area contributed by atoms with Crippen molar-refractivity contribution >= 4 is 29.7 Å². The Morgan fingerprint density at radius 1 is 1.53 bits per heavy atom. The van der Waals surface area contributed by atoms with E-state index in [1.807, 2.05) is 0 Å². The number of nitrogens with two attached hydrogens (primary N) is 1. The molecule has 7 nitrogen and oxygen atoms in total. The zero-order valence-corrected chi connectivity index (χ0v) is 11.7. The number of carbonyl (C=O) groups excluding carboxylic acids is 3. The summed E-state index contributed by atoms with van der Waals surface area (Å²) in [6.07, 6.45) is 0.518. The van der Waals surface area contributed by atoms with E-state index in [-0.39, 0.29) is 18.5 Å². The molecule has 1 aliphatic rings. The van der Waals surface area contributed by atoms with E-state index >= 15 is 0 Å². The quantitative estimate of drug-likeness (QED) is 0.356. The van der Waals surface area contributed by atoms with Crippen molar-refractivity contribution in [3.8, 4) is 0 Å². The number of imide groups is 1. The Bertz CT molecular complexity index is 335. The second-order valence-electron chi connectivity index (χ2n) is 3.96. The molecule has 0 bridgehead atoms. The van der Waals surface area contributed by atoms with Gasteiger partial charge in [-0.05, 0) is 19.1 Å². The SMILES string of the molecule is CCOC(=O)C(N)CCSCCN1C(=O)CNC1=O. The maximum absolute atomic E-state index is 11.3. The van der Waals surface area contributed by atoms with Crippen LogP contribution >= 0.6 is 11.8 Å². The molecule has 0 spiro atoms. The van der Waals surface area contributed by atoms with Gasteiger partial charge in [-0.15, -0.1) is 0 Å². The van der Waals surface area contributed by atoms with Gasteiger partial charge in [0.2, 0.25) is 5.91 Å². The molecule has 108 valence electrons. The van der Waals surface area contributed by atoms with E-state index in [0.717, 1.165) is 0 Å². The molecule has 1 rings (SSSR count). The number of nitrogens with zero attached hydrogens (tertiary/aromatic N) is 1. The van der Waals surface area contributed by atoms with Gasteiger partial charge in [0.25, 0.3) is 0 Å². The predicted octanol–water partition coefficient (Wildman–Crippen LogP) is -0.448. The van der Waals surface area contributed by atoms with Crippen LogP contribution < -0.4 is 11.1 Å². The molecule has 0 aromatic rings. The molecule has 3 N–H and O–H groups in total. The molecule has 0 aromatic carbocycles. The van der Waals surface area contributed by atoms with Gasteiger partial charge < -0.3 is 15.8 Å². The number of hydrogen-bond acceptors (Lipinski definition) is 6. The lowest BCUT2D eigenvalue weighted by Gasteiger charge is -2.12. The highest BCUT2D eigenvalue weighted by Gasteiger charge is 2.27. The van der Waals surface area contributed by atoms with E-state index in [4.69, 9.17) is 10.5 Å². The fraction of sp³-hybridized carbons (Fsp3) is 0.727. The van der Waals surface area contributed by atoms with Crippen molar-refractivity contribution in [2.45, 2.75) is 19.4 Å². The Morgan fingerprint density at radius 2 is 2.26 bits per heavy atom. The number of amides is 3. The maximum Gasteiger partial charge on any atom is 0.324 e. The number of rotatable bonds is 8. The summed E-state index contributed by atoms with van der Waals surface area (Å²) >= 11 is 1.55. The monoisotopic (exact) mass is 289 g/mol. The molecule has 1 heterocycles. The predicted molar refractivity (Wildman–Crippen MR) is 71.7 cm³/mol. The average Bonchev–Trinajstić information content (AvgIpc) is 2.69. The first-order chi connectivity index (χ1) is 9.06. The highest BCUT2D eigenvalue weighted by Crippen LogP contribution is 2.07. The van der Waals surface area contributed by atoms with Crippen LogP contribution in [0, 0.1) is 0 Å². The number of esters is 1. The van der Waals surface area contributed by atoms with E-state index in [2.05, 4.69) is 5.32 Å². The zero-order chi connectivity index (χ0) is 14.3. The van der Waals surface area contributed by atoms with Gasteiger partial charge in [-0.25, -0.2) is 4.79 Å². The van der Waals surface area contributed by atoms with Crippen molar-refractivity contribution in [1.29, 1.82) is 0 Å². The molecule has 8 heteroatoms. The van der Waals surface area contributed by atoms with Crippen LogP contribution in [0.5, 0.6) is 0 Å². The molecule has 19 heavy (non-hydrogen) atoms. The summed E-state index contributed by atoms with van der Waals surface area (Å²) in [5.41, 5.74) is 5.64. The molecule has 0 saturated carbocycles. The van der Waals surface area contributed by atoms with Crippen LogP contribution in [0.4, 0.5) is 4.79 Å². The lowest BCUT2D eigenvalue weighted by molar-refractivity contribution is -0.144. The fourth-order valence-corrected chi connectivity index (χ4v) is 2.45. The van der Waals surface area contributed by atoms with Crippen LogP contribution in [0.25, 0.3) is 0 Å². The van der Waals surface area contributed by atoms with Crippen LogP contribution in [-0.4, -0.2) is 60.1 Å². The van der Waals surface area contributed by atoms with Crippen molar-refractivity contribution < 1.29 is 19.1 Å². The molecule has 1 unspecified atom stereocenters. The van der Waals surface area contributed by atoms with Gasteiger partial charge in [-0.3, -0.25) is 14.5 Å². The molecule has 1 aliphatic heterocycles. The lowest BCUT2D eigenvalue weighted by atomic mass is 10.2. The second kappa shape index (κ2) is 8.00. The summed E-state index contributed by atoms with van der Waals surface area (Å²) in [5.74, 6) is 0.726. The standard InChI is InChI=1S/C11H19N3O4S/c1-2-18-10(16)8(12)3-5-19-6-4-14-9(15)7-13-11(14)17/h8H,2-7,12H2,1H3,(H,13,17). The van der Waals surface area contributed by atoms with Crippen LogP contribution in [0.3, 0.4) is 0 Å². The Hall–Kier alpha value is -1.28. The molecule has 0 aliphatic carbocycles. The smallest absolute Gasteiger partial charge is 0.324 e. The van der Waals surface area contributed by atoms with Crippen molar-refractivity contribution in [1.82, 2.24) is 10.2 Å². The van der Waals surface area contributed by atoms with Gasteiger partial charge in [0.05, 0.1) is 13.2 Å². The molecule has 1 fully saturated rings. The van der Waals surface area contributed by atoms with E-state index in [0.29, 0.717) is 31.1 Å². The Balaban J connectivity index is 2.09. The third kappa shape index (κ3) is 5.07. The molecular formula is C11H19N3O4S. The van der Waals surface area contributed by atoms with Gasteiger partial charge in [0.1, 0.15) is 6.04 Å². The largest absolute Gasteiger partial charge is 0.465 e. The van der Waals surface area contributed by atoms with Gasteiger partial charge in [-0.1, -0.05) is 0 Å². The molecule has 1 saturated heterocycles. The first-order valence-electron chi connectivity index (χ1n) is 6.14. The fourth-order valence-electron chi connectivity index (χ4n) is 1.52. The highest BCUT2D eigenvalue weighted by molar-refractivity contribution is 7.99. The molecule has 0 aromatic heterocycles. The zero-order valence-electron chi connectivity index (χ0n) is 10.9. The summed E-state index contributed by atoms with van der Waals surface area (Å²) in [5, 5.41) is 2.45. The molecule has 1 atom stereocenters. The van der Waals surface area contributed by atoms with Gasteiger partial charge in [0, 0.05) is 12.3 Å². The minimum absolute atomic E-state index is 0.0806. The van der Waals surface area contributed by atoms with Crippen LogP contribution in [-0.2, 0) is 14.3 Å². The van der Waals surface area contributed by atoms with Crippen molar-refractivity contribution in [2.75, 3.05) is 31.2 Å². The average molecular weight is 289 g/mol. The maximum atomic E-state index is 11.3. The Morgan fingerprint density at radius 3 is 2.84 bits per heavy atom. The van der Waals surface area contributed by atoms with Crippen molar-refractivity contribution in [3.05, 3.63) is 0 Å². The Kier molecular flexibility index (Phi) is 6.65.